The van der Waals surface area contributed by atoms with Gasteiger partial charge in [-0.15, -0.1) is 0 Å². The molecule has 13 rings (SSSR count). The number of nitrogens with zero attached hydrogens (tertiary/aromatic N) is 4. The van der Waals surface area contributed by atoms with Crippen LogP contribution in [-0.4, -0.2) is 11.3 Å². The highest BCUT2D eigenvalue weighted by Crippen LogP contribution is 2.49. The van der Waals surface area contributed by atoms with Crippen molar-refractivity contribution in [3.8, 4) is 16.8 Å². The van der Waals surface area contributed by atoms with E-state index in [1.807, 2.05) is 0 Å². The van der Waals surface area contributed by atoms with Gasteiger partial charge < -0.3 is 19.3 Å². The predicted octanol–water partition coefficient (Wildman–Crippen LogP) is 18.8. The summed E-state index contributed by atoms with van der Waals surface area (Å²) in [5, 5.41) is 2.47. The van der Waals surface area contributed by atoms with Crippen LogP contribution in [0.2, 0.25) is 0 Å². The van der Waals surface area contributed by atoms with Crippen LogP contribution in [-0.2, 0) is 16.2 Å². The van der Waals surface area contributed by atoms with E-state index in [1.165, 1.54) is 111 Å². The van der Waals surface area contributed by atoms with E-state index in [-0.39, 0.29) is 23.0 Å². The molecule has 0 bridgehead atoms. The fourth-order valence-corrected chi connectivity index (χ4v) is 13.0. The molecule has 10 aromatic carbocycles. The molecule has 0 radical (unpaired) electrons. The van der Waals surface area contributed by atoms with Crippen LogP contribution in [0.4, 0.5) is 51.2 Å². The molecule has 0 saturated carbocycles. The fraction of sp³-hybridized carbons (Fsp3) is 0.200. The van der Waals surface area contributed by atoms with Gasteiger partial charge in [-0.25, -0.2) is 0 Å². The van der Waals surface area contributed by atoms with Crippen LogP contribution < -0.4 is 31.1 Å². The molecule has 3 heterocycles. The molecule has 4 nitrogen and oxygen atoms in total. The Kier molecular flexibility index (Phi) is 12.0. The third kappa shape index (κ3) is 8.52. The van der Waals surface area contributed by atoms with Crippen LogP contribution in [0.5, 0.6) is 0 Å². The smallest absolute Gasteiger partial charge is 0.252 e. The molecule has 80 heavy (non-hydrogen) atoms. The second-order valence-electron chi connectivity index (χ2n) is 25.7. The molecule has 0 aliphatic carbocycles. The molecule has 0 atom stereocenters. The summed E-state index contributed by atoms with van der Waals surface area (Å²) >= 11 is 0. The van der Waals surface area contributed by atoms with Crippen molar-refractivity contribution >= 4 is 96.1 Å². The van der Waals surface area contributed by atoms with E-state index in [4.69, 9.17) is 0 Å². The lowest BCUT2D eigenvalue weighted by Gasteiger charge is -2.45. The Labute approximate surface area is 474 Å². The van der Waals surface area contributed by atoms with Gasteiger partial charge in [-0.1, -0.05) is 178 Å². The van der Waals surface area contributed by atoms with Crippen molar-refractivity contribution in [3.05, 3.63) is 246 Å². The highest BCUT2D eigenvalue weighted by atomic mass is 15.2. The van der Waals surface area contributed by atoms with Gasteiger partial charge in [0.2, 0.25) is 0 Å². The Morgan fingerprint density at radius 2 is 0.850 bits per heavy atom. The van der Waals surface area contributed by atoms with Crippen molar-refractivity contribution < 1.29 is 0 Å². The first-order valence-corrected chi connectivity index (χ1v) is 28.6. The van der Waals surface area contributed by atoms with Gasteiger partial charge in [-0.3, -0.25) is 0 Å². The Hall–Kier alpha value is -8.54. The van der Waals surface area contributed by atoms with Crippen molar-refractivity contribution in [1.82, 2.24) is 4.57 Å². The van der Waals surface area contributed by atoms with Gasteiger partial charge in [0.25, 0.3) is 6.71 Å². The number of rotatable bonds is 7. The molecule has 0 N–H and O–H groups in total. The molecular formula is C75H71BN4. The zero-order valence-corrected chi connectivity index (χ0v) is 48.6. The van der Waals surface area contributed by atoms with Crippen LogP contribution in [0, 0.1) is 20.8 Å². The molecule has 2 aliphatic rings. The topological polar surface area (TPSA) is 14.7 Å². The lowest BCUT2D eigenvalue weighted by molar-refractivity contribution is 0.590. The number of benzene rings is 10. The molecule has 0 saturated heterocycles. The van der Waals surface area contributed by atoms with E-state index in [9.17, 15) is 0 Å². The summed E-state index contributed by atoms with van der Waals surface area (Å²) in [7, 11) is 0. The third-order valence-electron chi connectivity index (χ3n) is 17.1. The molecule has 0 fully saturated rings. The summed E-state index contributed by atoms with van der Waals surface area (Å²) in [4.78, 5) is 7.65. The van der Waals surface area contributed by atoms with E-state index in [2.05, 4.69) is 315 Å². The first-order valence-electron chi connectivity index (χ1n) is 28.6. The van der Waals surface area contributed by atoms with Crippen LogP contribution in [0.1, 0.15) is 95.7 Å². The maximum absolute atomic E-state index is 2.60. The number of hydrogen-bond acceptors (Lipinski definition) is 3. The SMILES string of the molecule is Cc1cc2c3c(c1)N(c1ccc(C(C)(C)C)cc1)c1cc(C(C)(C)C)ccc1B3c1ccc(N(c3ccc(C(C)(C)C)cc3)c3ccc4c5ccccc5n(-c5ccccc5)c4c3)cc1N2c1cc(C)c(-c2ccccc2)c(C)c1. The first kappa shape index (κ1) is 50.9. The first-order chi connectivity index (χ1) is 38.3. The molecule has 11 aromatic rings. The molecule has 0 unspecified atom stereocenters. The highest BCUT2D eigenvalue weighted by molar-refractivity contribution is 7.00. The number of fused-ring (bicyclic) bond motifs is 7. The van der Waals surface area contributed by atoms with Crippen molar-refractivity contribution in [3.63, 3.8) is 0 Å². The summed E-state index contributed by atoms with van der Waals surface area (Å²) in [5.74, 6) is 0. The molecule has 2 aliphatic heterocycles. The molecule has 1 aromatic heterocycles. The average molecular weight is 1040 g/mol. The number of para-hydroxylation sites is 2. The van der Waals surface area contributed by atoms with Crippen molar-refractivity contribution in [2.75, 3.05) is 14.7 Å². The molecule has 5 heteroatoms. The molecule has 394 valence electrons. The van der Waals surface area contributed by atoms with Gasteiger partial charge >= 0.3 is 0 Å². The van der Waals surface area contributed by atoms with E-state index >= 15 is 0 Å². The van der Waals surface area contributed by atoms with Crippen LogP contribution >= 0.6 is 0 Å². The highest BCUT2D eigenvalue weighted by Gasteiger charge is 2.44. The number of hydrogen-bond donors (Lipinski definition) is 0. The van der Waals surface area contributed by atoms with Crippen LogP contribution in [0.15, 0.2) is 212 Å². The predicted molar refractivity (Wildman–Crippen MR) is 345 cm³/mol. The maximum Gasteiger partial charge on any atom is 0.252 e. The van der Waals surface area contributed by atoms with Crippen molar-refractivity contribution in [1.29, 1.82) is 0 Å². The average Bonchev–Trinajstić information content (AvgIpc) is 2.43. The van der Waals surface area contributed by atoms with Gasteiger partial charge in [0, 0.05) is 67.6 Å². The summed E-state index contributed by atoms with van der Waals surface area (Å²) in [6, 6.07) is 80.6. The zero-order valence-electron chi connectivity index (χ0n) is 48.6. The minimum atomic E-state index is -0.0559. The van der Waals surface area contributed by atoms with Gasteiger partial charge in [0.1, 0.15) is 0 Å². The standard InChI is InChI=1S/C75H71BN4/c1-48-41-69-72-70(42-48)80(60-43-49(2)71(50(3)44-60)51-21-15-13-16-22-51)68-47-59(37-40-64(68)76(72)63-39-31-54(75(10,11)12)45-67(63)79(69)57-34-29-53(30-35-57)74(7,8)9)77(56-32-27-52(28-33-56)73(4,5)6)58-36-38-62-61-25-19-20-26-65(61)78(66(62)46-58)55-23-17-14-18-24-55/h13-47H,1-12H3. The normalized spacial score (nSPS) is 13.2. The Balaban J connectivity index is 1.09. The second-order valence-corrected chi connectivity index (χ2v) is 25.7. The van der Waals surface area contributed by atoms with Gasteiger partial charge in [0.05, 0.1) is 11.0 Å². The van der Waals surface area contributed by atoms with Gasteiger partial charge in [-0.05, 0) is 195 Å². The monoisotopic (exact) mass is 1040 g/mol. The summed E-state index contributed by atoms with van der Waals surface area (Å²) in [5.41, 5.74) is 28.0. The maximum atomic E-state index is 2.60. The lowest BCUT2D eigenvalue weighted by Crippen LogP contribution is -2.61. The molecular weight excluding hydrogens is 968 g/mol. The summed E-state index contributed by atoms with van der Waals surface area (Å²) in [6.45, 7) is 27.6. The lowest BCUT2D eigenvalue weighted by atomic mass is 9.33. The molecule has 0 spiro atoms. The Morgan fingerprint density at radius 3 is 1.48 bits per heavy atom. The largest absolute Gasteiger partial charge is 0.311 e. The number of aromatic nitrogens is 1. The minimum absolute atomic E-state index is 0.00268. The van der Waals surface area contributed by atoms with E-state index < -0.39 is 0 Å². The number of anilines is 9. The minimum Gasteiger partial charge on any atom is -0.311 e. The van der Waals surface area contributed by atoms with Gasteiger partial charge in [0.15, 0.2) is 0 Å². The van der Waals surface area contributed by atoms with E-state index in [0.717, 1.165) is 28.4 Å². The molecule has 0 amide bonds. The quantitative estimate of drug-likeness (QED) is 0.148. The Bertz CT molecular complexity index is 4180. The third-order valence-corrected chi connectivity index (χ3v) is 17.1. The summed E-state index contributed by atoms with van der Waals surface area (Å²) in [6.07, 6.45) is 0. The number of aryl methyl sites for hydroxylation is 3. The van der Waals surface area contributed by atoms with E-state index in [1.54, 1.807) is 0 Å². The van der Waals surface area contributed by atoms with Crippen molar-refractivity contribution in [2.45, 2.75) is 99.3 Å². The van der Waals surface area contributed by atoms with E-state index in [0.29, 0.717) is 0 Å². The second kappa shape index (κ2) is 18.8. The Morgan fingerprint density at radius 1 is 0.362 bits per heavy atom. The fourth-order valence-electron chi connectivity index (χ4n) is 13.0. The van der Waals surface area contributed by atoms with Crippen molar-refractivity contribution in [2.24, 2.45) is 0 Å². The summed E-state index contributed by atoms with van der Waals surface area (Å²) < 4.78 is 2.43. The van der Waals surface area contributed by atoms with Crippen LogP contribution in [0.3, 0.4) is 0 Å². The van der Waals surface area contributed by atoms with Crippen LogP contribution in [0.25, 0.3) is 38.6 Å². The zero-order chi connectivity index (χ0) is 55.6. The van der Waals surface area contributed by atoms with Gasteiger partial charge in [-0.2, -0.15) is 0 Å².